The summed E-state index contributed by atoms with van der Waals surface area (Å²) in [7, 11) is 0. The number of carbonyl (C=O) groups is 1. The summed E-state index contributed by atoms with van der Waals surface area (Å²) in [5.74, 6) is 0.200. The molecule has 2 saturated heterocycles. The molecule has 0 radical (unpaired) electrons. The first-order chi connectivity index (χ1) is 11.5. The van der Waals surface area contributed by atoms with Gasteiger partial charge in [-0.25, -0.2) is 4.39 Å². The van der Waals surface area contributed by atoms with Crippen molar-refractivity contribution in [3.05, 3.63) is 35.6 Å². The smallest absolute Gasteiger partial charge is 0.225 e. The van der Waals surface area contributed by atoms with Crippen molar-refractivity contribution in [2.45, 2.75) is 45.4 Å². The number of nitrogens with zero attached hydrogens (tertiary/aromatic N) is 2. The van der Waals surface area contributed by atoms with E-state index >= 15 is 0 Å². The molecular weight excluding hydrogens is 307 g/mol. The Balaban J connectivity index is 1.51. The van der Waals surface area contributed by atoms with Gasteiger partial charge in [0.2, 0.25) is 5.91 Å². The average Bonchev–Trinajstić information content (AvgIpc) is 2.56. The number of hydrogen-bond acceptors (Lipinski definition) is 3. The molecule has 2 aliphatic rings. The number of piperazine rings is 1. The number of hydrogen-bond donors (Lipinski definition) is 0. The number of benzene rings is 1. The number of halogens is 1. The molecule has 1 aromatic rings. The van der Waals surface area contributed by atoms with Gasteiger partial charge in [0.15, 0.2) is 0 Å². The molecule has 2 heterocycles. The molecule has 1 amide bonds. The van der Waals surface area contributed by atoms with Crippen LogP contribution >= 0.6 is 0 Å². The van der Waals surface area contributed by atoms with Crippen LogP contribution in [0.5, 0.6) is 0 Å². The van der Waals surface area contributed by atoms with E-state index in [2.05, 4.69) is 4.90 Å². The minimum absolute atomic E-state index is 0.0851. The fraction of sp³-hybridized carbons (Fsp3) is 0.632. The molecule has 0 aromatic heterocycles. The number of ether oxygens (including phenoxy) is 1. The van der Waals surface area contributed by atoms with Gasteiger partial charge in [0.25, 0.3) is 0 Å². The molecule has 0 saturated carbocycles. The topological polar surface area (TPSA) is 32.8 Å². The average molecular weight is 334 g/mol. The normalized spacial score (nSPS) is 28.8. The highest BCUT2D eigenvalue weighted by molar-refractivity contribution is 5.79. The van der Waals surface area contributed by atoms with Crippen LogP contribution in [0.4, 0.5) is 4.39 Å². The molecule has 1 aromatic carbocycles. The Kier molecular flexibility index (Phi) is 5.51. The Morgan fingerprint density at radius 1 is 1.12 bits per heavy atom. The molecule has 0 spiro atoms. The van der Waals surface area contributed by atoms with Crippen LogP contribution in [0.1, 0.15) is 32.3 Å². The summed E-state index contributed by atoms with van der Waals surface area (Å²) in [5.41, 5.74) is 0.726. The van der Waals surface area contributed by atoms with Gasteiger partial charge in [-0.2, -0.15) is 0 Å². The van der Waals surface area contributed by atoms with Gasteiger partial charge in [-0.05, 0) is 32.8 Å². The van der Waals surface area contributed by atoms with Gasteiger partial charge in [0.05, 0.1) is 12.2 Å². The van der Waals surface area contributed by atoms with Gasteiger partial charge in [-0.1, -0.05) is 18.2 Å². The number of rotatable bonds is 3. The lowest BCUT2D eigenvalue weighted by Crippen LogP contribution is -2.51. The van der Waals surface area contributed by atoms with Crippen molar-refractivity contribution in [2.75, 3.05) is 26.2 Å². The van der Waals surface area contributed by atoms with E-state index in [0.717, 1.165) is 44.6 Å². The summed E-state index contributed by atoms with van der Waals surface area (Å²) in [6.07, 6.45) is 1.95. The van der Waals surface area contributed by atoms with Crippen molar-refractivity contribution in [3.8, 4) is 0 Å². The van der Waals surface area contributed by atoms with Gasteiger partial charge >= 0.3 is 0 Å². The third kappa shape index (κ3) is 4.14. The van der Waals surface area contributed by atoms with Crippen LogP contribution in [-0.2, 0) is 16.1 Å². The molecule has 2 atom stereocenters. The maximum Gasteiger partial charge on any atom is 0.225 e. The molecule has 4 nitrogen and oxygen atoms in total. The zero-order chi connectivity index (χ0) is 17.1. The number of carbonyl (C=O) groups excluding carboxylic acids is 1. The van der Waals surface area contributed by atoms with Gasteiger partial charge in [-0.3, -0.25) is 9.69 Å². The first-order valence-electron chi connectivity index (χ1n) is 8.93. The Labute approximate surface area is 143 Å². The van der Waals surface area contributed by atoms with E-state index in [0.29, 0.717) is 6.54 Å². The molecular formula is C19H27FN2O2. The van der Waals surface area contributed by atoms with Crippen molar-refractivity contribution in [2.24, 2.45) is 5.92 Å². The molecule has 0 N–H and O–H groups in total. The van der Waals surface area contributed by atoms with E-state index in [1.54, 1.807) is 6.07 Å². The molecule has 3 rings (SSSR count). The molecule has 0 aliphatic carbocycles. The fourth-order valence-electron chi connectivity index (χ4n) is 3.86. The van der Waals surface area contributed by atoms with Crippen LogP contribution in [0.15, 0.2) is 24.3 Å². The highest BCUT2D eigenvalue weighted by Crippen LogP contribution is 2.27. The fourth-order valence-corrected chi connectivity index (χ4v) is 3.86. The summed E-state index contributed by atoms with van der Waals surface area (Å²) in [6, 6.07) is 6.91. The molecule has 132 valence electrons. The second-order valence-electron chi connectivity index (χ2n) is 7.12. The van der Waals surface area contributed by atoms with E-state index < -0.39 is 0 Å². The van der Waals surface area contributed by atoms with E-state index in [-0.39, 0.29) is 29.9 Å². The summed E-state index contributed by atoms with van der Waals surface area (Å²) >= 11 is 0. The summed E-state index contributed by atoms with van der Waals surface area (Å²) in [6.45, 7) is 7.76. The zero-order valence-corrected chi connectivity index (χ0v) is 14.6. The van der Waals surface area contributed by atoms with Crippen LogP contribution < -0.4 is 0 Å². The highest BCUT2D eigenvalue weighted by Gasteiger charge is 2.33. The number of amides is 1. The van der Waals surface area contributed by atoms with Crippen LogP contribution in [0.3, 0.4) is 0 Å². The van der Waals surface area contributed by atoms with Gasteiger partial charge < -0.3 is 9.64 Å². The van der Waals surface area contributed by atoms with Crippen molar-refractivity contribution in [1.82, 2.24) is 9.80 Å². The standard InChI is InChI=1S/C19H27FN2O2/c1-14-11-17(12-15(2)24-14)19(23)22-9-7-21(8-10-22)13-16-5-3-4-6-18(16)20/h3-6,14-15,17H,7-13H2,1-2H3/t14-,15-/m1/s1. The monoisotopic (exact) mass is 334 g/mol. The maximum atomic E-state index is 13.8. The second-order valence-corrected chi connectivity index (χ2v) is 7.12. The predicted molar refractivity (Wildman–Crippen MR) is 91.0 cm³/mol. The van der Waals surface area contributed by atoms with Gasteiger partial charge in [0.1, 0.15) is 5.82 Å². The highest BCUT2D eigenvalue weighted by atomic mass is 19.1. The lowest BCUT2D eigenvalue weighted by atomic mass is 9.91. The Morgan fingerprint density at radius 2 is 1.75 bits per heavy atom. The summed E-state index contributed by atoms with van der Waals surface area (Å²) in [5, 5.41) is 0. The van der Waals surface area contributed by atoms with E-state index in [9.17, 15) is 9.18 Å². The summed E-state index contributed by atoms with van der Waals surface area (Å²) in [4.78, 5) is 17.0. The molecule has 2 aliphatic heterocycles. The van der Waals surface area contributed by atoms with Crippen molar-refractivity contribution < 1.29 is 13.9 Å². The first-order valence-corrected chi connectivity index (χ1v) is 8.93. The molecule has 24 heavy (non-hydrogen) atoms. The largest absolute Gasteiger partial charge is 0.376 e. The van der Waals surface area contributed by atoms with Crippen LogP contribution in [0.2, 0.25) is 0 Å². The van der Waals surface area contributed by atoms with Crippen molar-refractivity contribution in [1.29, 1.82) is 0 Å². The minimum atomic E-state index is -0.152. The molecule has 5 heteroatoms. The van der Waals surface area contributed by atoms with Crippen LogP contribution in [-0.4, -0.2) is 54.1 Å². The Bertz CT molecular complexity index is 562. The lowest BCUT2D eigenvalue weighted by Gasteiger charge is -2.39. The van der Waals surface area contributed by atoms with Crippen LogP contribution in [0.25, 0.3) is 0 Å². The van der Waals surface area contributed by atoms with Gasteiger partial charge in [-0.15, -0.1) is 0 Å². The SMILES string of the molecule is C[C@@H]1CC(C(=O)N2CCN(Cc3ccccc3F)CC2)C[C@@H](C)O1. The molecule has 0 bridgehead atoms. The third-order valence-electron chi connectivity index (χ3n) is 5.08. The molecule has 0 unspecified atom stereocenters. The van der Waals surface area contributed by atoms with Crippen molar-refractivity contribution in [3.63, 3.8) is 0 Å². The Morgan fingerprint density at radius 3 is 2.38 bits per heavy atom. The Hall–Kier alpha value is -1.46. The second kappa shape index (κ2) is 7.62. The molecule has 2 fully saturated rings. The van der Waals surface area contributed by atoms with E-state index in [1.165, 1.54) is 6.07 Å². The van der Waals surface area contributed by atoms with Crippen molar-refractivity contribution >= 4 is 5.91 Å². The maximum absolute atomic E-state index is 13.8. The third-order valence-corrected chi connectivity index (χ3v) is 5.08. The summed E-state index contributed by atoms with van der Waals surface area (Å²) < 4.78 is 19.5. The van der Waals surface area contributed by atoms with Crippen LogP contribution in [0, 0.1) is 11.7 Å². The zero-order valence-electron chi connectivity index (χ0n) is 14.6. The minimum Gasteiger partial charge on any atom is -0.376 e. The predicted octanol–water partition coefficient (Wildman–Crippen LogP) is 2.67. The van der Waals surface area contributed by atoms with E-state index in [4.69, 9.17) is 4.74 Å². The van der Waals surface area contributed by atoms with Gasteiger partial charge in [0, 0.05) is 44.2 Å². The quantitative estimate of drug-likeness (QED) is 0.852. The lowest BCUT2D eigenvalue weighted by molar-refractivity contribution is -0.145. The first kappa shape index (κ1) is 17.4. The van der Waals surface area contributed by atoms with E-state index in [1.807, 2.05) is 30.9 Å².